The highest BCUT2D eigenvalue weighted by atomic mass is 32.2. The maximum Gasteiger partial charge on any atom is 0.145 e. The van der Waals surface area contributed by atoms with Crippen LogP contribution >= 0.6 is 11.8 Å². The van der Waals surface area contributed by atoms with Gasteiger partial charge in [0, 0.05) is 42.8 Å². The Hall–Kier alpha value is -7.53. The number of aromatic nitrogens is 3. The van der Waals surface area contributed by atoms with Crippen molar-refractivity contribution >= 4 is 44.5 Å². The molecule has 0 amide bonds. The van der Waals surface area contributed by atoms with Crippen LogP contribution in [-0.4, -0.2) is 14.5 Å². The maximum absolute atomic E-state index is 5.46. The first kappa shape index (κ1) is 34.3. The van der Waals surface area contributed by atoms with Crippen LogP contribution < -0.4 is 0 Å². The zero-order valence-electron chi connectivity index (χ0n) is 33.0. The number of nitrogens with zero attached hydrogens (tertiary/aromatic N) is 3. The summed E-state index contributed by atoms with van der Waals surface area (Å²) in [5.41, 5.74) is 17.1. The summed E-state index contributed by atoms with van der Waals surface area (Å²) in [4.78, 5) is 13.2. The fourth-order valence-electron chi connectivity index (χ4n) is 10.3. The van der Waals surface area contributed by atoms with Crippen LogP contribution in [0.2, 0.25) is 0 Å². The lowest BCUT2D eigenvalue weighted by Crippen LogP contribution is -2.32. The molecule has 9 aromatic carbocycles. The Morgan fingerprint density at radius 2 is 1.05 bits per heavy atom. The van der Waals surface area contributed by atoms with E-state index in [0.29, 0.717) is 0 Å². The van der Waals surface area contributed by atoms with Gasteiger partial charge in [-0.2, -0.15) is 0 Å². The lowest BCUT2D eigenvalue weighted by Gasteiger charge is -2.40. The molecule has 0 radical (unpaired) electrons. The van der Waals surface area contributed by atoms with Crippen molar-refractivity contribution in [3.05, 3.63) is 235 Å². The molecule has 4 heteroatoms. The van der Waals surface area contributed by atoms with Gasteiger partial charge >= 0.3 is 0 Å². The third kappa shape index (κ3) is 4.94. The molecule has 11 aromatic rings. The number of fused-ring (bicyclic) bond motifs is 14. The first-order chi connectivity index (χ1) is 30.3. The third-order valence-electron chi connectivity index (χ3n) is 12.9. The molecule has 2 aromatic heterocycles. The van der Waals surface area contributed by atoms with Gasteiger partial charge in [-0.1, -0.05) is 182 Å². The third-order valence-corrected chi connectivity index (χ3v) is 14.1. The lowest BCUT2D eigenvalue weighted by molar-refractivity contribution is 0.726. The molecule has 61 heavy (non-hydrogen) atoms. The van der Waals surface area contributed by atoms with Crippen molar-refractivity contribution in [3.63, 3.8) is 0 Å². The van der Waals surface area contributed by atoms with Gasteiger partial charge < -0.3 is 0 Å². The molecule has 2 aliphatic rings. The van der Waals surface area contributed by atoms with Crippen LogP contribution in [0, 0.1) is 0 Å². The van der Waals surface area contributed by atoms with Gasteiger partial charge in [0.2, 0.25) is 0 Å². The lowest BCUT2D eigenvalue weighted by atomic mass is 9.67. The van der Waals surface area contributed by atoms with Crippen molar-refractivity contribution in [2.45, 2.75) is 15.2 Å². The maximum atomic E-state index is 5.46. The molecular weight excluding hydrogens is 759 g/mol. The van der Waals surface area contributed by atoms with E-state index in [1.54, 1.807) is 0 Å². The summed E-state index contributed by atoms with van der Waals surface area (Å²) < 4.78 is 2.25. The average Bonchev–Trinajstić information content (AvgIpc) is 3.86. The van der Waals surface area contributed by atoms with Crippen molar-refractivity contribution in [2.75, 3.05) is 0 Å². The van der Waals surface area contributed by atoms with Crippen molar-refractivity contribution < 1.29 is 0 Å². The number of benzene rings is 9. The van der Waals surface area contributed by atoms with Gasteiger partial charge in [-0.3, -0.25) is 4.57 Å². The van der Waals surface area contributed by atoms with Crippen LogP contribution in [-0.2, 0) is 5.41 Å². The predicted octanol–water partition coefficient (Wildman–Crippen LogP) is 14.6. The minimum Gasteiger partial charge on any atom is -0.292 e. The molecule has 0 N–H and O–H groups in total. The fraction of sp³-hybridized carbons (Fsp3) is 0.0175. The first-order valence-corrected chi connectivity index (χ1v) is 21.6. The Morgan fingerprint density at radius 1 is 0.410 bits per heavy atom. The summed E-state index contributed by atoms with van der Waals surface area (Å²) >= 11 is 1.91. The molecule has 0 saturated heterocycles. The van der Waals surface area contributed by atoms with E-state index in [1.807, 2.05) is 11.8 Å². The second kappa shape index (κ2) is 13.2. The quantitative estimate of drug-likeness (QED) is 0.166. The Bertz CT molecular complexity index is 3520. The normalized spacial score (nSPS) is 13.3. The summed E-state index contributed by atoms with van der Waals surface area (Å²) in [5.74, 6) is 0.926. The number of rotatable bonds is 4. The fourth-order valence-corrected chi connectivity index (χ4v) is 11.6. The van der Waals surface area contributed by atoms with E-state index < -0.39 is 5.41 Å². The van der Waals surface area contributed by atoms with E-state index >= 15 is 0 Å². The van der Waals surface area contributed by atoms with Gasteiger partial charge in [0.1, 0.15) is 5.82 Å². The van der Waals surface area contributed by atoms with E-state index in [-0.39, 0.29) is 0 Å². The van der Waals surface area contributed by atoms with E-state index in [0.717, 1.165) is 61.4 Å². The minimum atomic E-state index is -0.444. The first-order valence-electron chi connectivity index (χ1n) is 20.8. The van der Waals surface area contributed by atoms with Crippen molar-refractivity contribution in [1.29, 1.82) is 0 Å². The average molecular weight is 794 g/mol. The molecule has 0 saturated carbocycles. The molecule has 1 aliphatic carbocycles. The Labute approximate surface area is 357 Å². The summed E-state index contributed by atoms with van der Waals surface area (Å²) in [7, 11) is 0. The number of imidazole rings is 1. The highest BCUT2D eigenvalue weighted by molar-refractivity contribution is 7.99. The molecular formula is C57H35N3S. The molecule has 1 spiro atoms. The van der Waals surface area contributed by atoms with E-state index in [9.17, 15) is 0 Å². The number of pyridine rings is 1. The molecule has 3 nitrogen and oxygen atoms in total. The van der Waals surface area contributed by atoms with Gasteiger partial charge in [0.25, 0.3) is 0 Å². The SMILES string of the molecule is c1ccc(-n2c(-c3ccc(-c4cccc(-c5nc6ccccc6c6c7c(ccc56)C5(c6ccccc6S7)c6ccccc6-c6ccccc65)c4)cc3)nc3ccccc32)cc1. The summed E-state index contributed by atoms with van der Waals surface area (Å²) in [6.45, 7) is 0. The second-order valence-corrected chi connectivity index (χ2v) is 17.1. The highest BCUT2D eigenvalue weighted by Gasteiger charge is 2.50. The monoisotopic (exact) mass is 793 g/mol. The smallest absolute Gasteiger partial charge is 0.145 e. The van der Waals surface area contributed by atoms with Crippen LogP contribution in [0.1, 0.15) is 22.3 Å². The molecule has 0 bridgehead atoms. The van der Waals surface area contributed by atoms with E-state index in [2.05, 4.69) is 217 Å². The van der Waals surface area contributed by atoms with Gasteiger partial charge in [-0.25, -0.2) is 9.97 Å². The molecule has 13 rings (SSSR count). The van der Waals surface area contributed by atoms with Crippen LogP contribution in [0.25, 0.3) is 83.3 Å². The predicted molar refractivity (Wildman–Crippen MR) is 252 cm³/mol. The second-order valence-electron chi connectivity index (χ2n) is 16.0. The zero-order chi connectivity index (χ0) is 40.1. The van der Waals surface area contributed by atoms with Crippen LogP contribution in [0.5, 0.6) is 0 Å². The zero-order valence-corrected chi connectivity index (χ0v) is 33.8. The van der Waals surface area contributed by atoms with Crippen molar-refractivity contribution in [1.82, 2.24) is 14.5 Å². The Balaban J connectivity index is 0.982. The van der Waals surface area contributed by atoms with Crippen LogP contribution in [0.3, 0.4) is 0 Å². The molecule has 3 heterocycles. The Kier molecular flexibility index (Phi) is 7.45. The standard InChI is InChI=1S/C57H35N3S/c1-2-17-40(18-3-1)60-51-27-12-11-26-50(51)59-56(60)37-31-29-36(30-32-37)38-15-14-16-39(35-38)54-44-33-34-48-55(53(44)43-21-6-10-25-49(43)58-54)61-52-28-13-9-24-47(52)57(48)45-22-7-4-19-41(45)42-20-5-8-23-46(42)57/h1-35H. The molecule has 284 valence electrons. The summed E-state index contributed by atoms with van der Waals surface area (Å²) in [6, 6.07) is 77.1. The molecule has 0 fully saturated rings. The minimum absolute atomic E-state index is 0.444. The molecule has 0 unspecified atom stereocenters. The summed E-state index contributed by atoms with van der Waals surface area (Å²) in [5, 5.41) is 3.59. The van der Waals surface area contributed by atoms with Gasteiger partial charge in [0.05, 0.1) is 27.7 Å². The topological polar surface area (TPSA) is 30.7 Å². The molecule has 1 aliphatic heterocycles. The largest absolute Gasteiger partial charge is 0.292 e. The van der Waals surface area contributed by atoms with Crippen molar-refractivity contribution in [2.24, 2.45) is 0 Å². The van der Waals surface area contributed by atoms with Gasteiger partial charge in [-0.05, 0) is 87.0 Å². The molecule has 0 atom stereocenters. The van der Waals surface area contributed by atoms with Gasteiger partial charge in [0.15, 0.2) is 0 Å². The summed E-state index contributed by atoms with van der Waals surface area (Å²) in [6.07, 6.45) is 0. The van der Waals surface area contributed by atoms with Gasteiger partial charge in [-0.15, -0.1) is 0 Å². The van der Waals surface area contributed by atoms with E-state index in [4.69, 9.17) is 9.97 Å². The van der Waals surface area contributed by atoms with E-state index in [1.165, 1.54) is 53.9 Å². The number of para-hydroxylation sites is 4. The highest BCUT2D eigenvalue weighted by Crippen LogP contribution is 2.63. The van der Waals surface area contributed by atoms with Crippen LogP contribution in [0.4, 0.5) is 0 Å². The Morgan fingerprint density at radius 3 is 1.85 bits per heavy atom. The van der Waals surface area contributed by atoms with Crippen molar-refractivity contribution in [3.8, 4) is 50.6 Å². The number of hydrogen-bond acceptors (Lipinski definition) is 3. The van der Waals surface area contributed by atoms with Crippen LogP contribution in [0.15, 0.2) is 222 Å². The number of hydrogen-bond donors (Lipinski definition) is 0.